The van der Waals surface area contributed by atoms with Crippen LogP contribution in [0.25, 0.3) is 0 Å². The molecule has 3 N–H and O–H groups in total. The van der Waals surface area contributed by atoms with Gasteiger partial charge in [-0.05, 0) is 34.9 Å². The van der Waals surface area contributed by atoms with Crippen molar-refractivity contribution in [1.82, 2.24) is 0 Å². The minimum Gasteiger partial charge on any atom is -0.506 e. The maximum Gasteiger partial charge on any atom is 0.239 e. The average molecular weight is 431 g/mol. The number of amides is 1. The van der Waals surface area contributed by atoms with Gasteiger partial charge in [-0.25, -0.2) is 0 Å². The monoisotopic (exact) mass is 429 g/mol. The normalized spacial score (nSPS) is 16.6. The number of carbonyl (C=O) groups is 1. The lowest BCUT2D eigenvalue weighted by molar-refractivity contribution is -0.113. The van der Waals surface area contributed by atoms with E-state index in [0.29, 0.717) is 22.2 Å². The van der Waals surface area contributed by atoms with Crippen molar-refractivity contribution >= 4 is 46.4 Å². The van der Waals surface area contributed by atoms with Gasteiger partial charge in [-0.2, -0.15) is 0 Å². The van der Waals surface area contributed by atoms with Crippen molar-refractivity contribution in [3.8, 4) is 11.5 Å². The summed E-state index contributed by atoms with van der Waals surface area (Å²) < 4.78 is 5.64. The predicted molar refractivity (Wildman–Crippen MR) is 107 cm³/mol. The maximum absolute atomic E-state index is 11.5. The van der Waals surface area contributed by atoms with E-state index in [-0.39, 0.29) is 35.9 Å². The van der Waals surface area contributed by atoms with E-state index in [1.54, 1.807) is 12.1 Å². The van der Waals surface area contributed by atoms with Crippen LogP contribution in [0.3, 0.4) is 0 Å². The number of ether oxygens (including phenoxy) is 1. The van der Waals surface area contributed by atoms with E-state index in [1.165, 1.54) is 6.07 Å². The molecule has 0 radical (unpaired) electrons. The molecule has 0 aromatic heterocycles. The largest absolute Gasteiger partial charge is 0.506 e. The van der Waals surface area contributed by atoms with E-state index in [4.69, 9.17) is 39.5 Å². The molecule has 27 heavy (non-hydrogen) atoms. The van der Waals surface area contributed by atoms with Crippen LogP contribution in [0.1, 0.15) is 29.5 Å². The molecule has 3 rings (SSSR count). The first-order valence-electron chi connectivity index (χ1n) is 8.32. The molecule has 0 saturated carbocycles. The Kier molecular flexibility index (Phi) is 6.06. The number of nitrogens with one attached hydrogen (secondary N) is 1. The van der Waals surface area contributed by atoms with E-state index in [9.17, 15) is 15.0 Å². The number of phenols is 1. The minimum atomic E-state index is -0.414. The van der Waals surface area contributed by atoms with E-state index in [2.05, 4.69) is 5.32 Å². The van der Waals surface area contributed by atoms with Gasteiger partial charge in [-0.15, -0.1) is 11.6 Å². The highest BCUT2D eigenvalue weighted by Gasteiger charge is 2.29. The second kappa shape index (κ2) is 8.15. The third-order valence-corrected chi connectivity index (χ3v) is 5.69. The van der Waals surface area contributed by atoms with Crippen molar-refractivity contribution in [2.75, 3.05) is 17.8 Å². The Hall–Kier alpha value is -1.66. The van der Waals surface area contributed by atoms with Crippen LogP contribution in [0, 0.1) is 0 Å². The fraction of sp³-hybridized carbons (Fsp3) is 0.316. The molecule has 0 spiro atoms. The van der Waals surface area contributed by atoms with Crippen molar-refractivity contribution in [3.05, 3.63) is 51.0 Å². The zero-order valence-electron chi connectivity index (χ0n) is 14.4. The second-order valence-electron chi connectivity index (χ2n) is 6.39. The van der Waals surface area contributed by atoms with Gasteiger partial charge in [-0.1, -0.05) is 36.2 Å². The highest BCUT2D eigenvalue weighted by atomic mass is 35.5. The van der Waals surface area contributed by atoms with Crippen molar-refractivity contribution in [3.63, 3.8) is 0 Å². The Balaban J connectivity index is 1.97. The van der Waals surface area contributed by atoms with Crippen LogP contribution in [0.15, 0.2) is 24.3 Å². The Labute approximate surface area is 171 Å². The standard InChI is InChI=1S/C19H18Cl3NO4/c1-9(10-2-3-15(25)14(6-10)23-16(26)7-20)13-5-11-4-12(8-24)27-19(11)18(22)17(13)21/h2-3,5-6,9,12,24-25H,4,7-8H2,1H3,(H,23,26). The number of aliphatic hydroxyl groups is 1. The van der Waals surface area contributed by atoms with Gasteiger partial charge in [0.1, 0.15) is 28.5 Å². The summed E-state index contributed by atoms with van der Waals surface area (Å²) in [4.78, 5) is 11.5. The summed E-state index contributed by atoms with van der Waals surface area (Å²) in [6.07, 6.45) is 0.222. The molecule has 0 fully saturated rings. The Morgan fingerprint density at radius 3 is 2.74 bits per heavy atom. The van der Waals surface area contributed by atoms with Crippen LogP contribution in [0.2, 0.25) is 10.0 Å². The van der Waals surface area contributed by atoms with Crippen LogP contribution in [0.4, 0.5) is 5.69 Å². The fourth-order valence-corrected chi connectivity index (χ4v) is 3.77. The molecule has 2 atom stereocenters. The van der Waals surface area contributed by atoms with Crippen LogP contribution in [0.5, 0.6) is 11.5 Å². The number of phenolic OH excluding ortho intramolecular Hbond substituents is 1. The summed E-state index contributed by atoms with van der Waals surface area (Å²) in [5, 5.41) is 22.6. The molecule has 1 aliphatic rings. The molecule has 1 amide bonds. The van der Waals surface area contributed by atoms with Crippen LogP contribution < -0.4 is 10.1 Å². The zero-order valence-corrected chi connectivity index (χ0v) is 16.7. The quantitative estimate of drug-likeness (QED) is 0.487. The molecule has 1 heterocycles. The van der Waals surface area contributed by atoms with Gasteiger partial charge in [0.15, 0.2) is 0 Å². The first-order chi connectivity index (χ1) is 12.8. The number of benzene rings is 2. The van der Waals surface area contributed by atoms with Crippen molar-refractivity contribution in [2.24, 2.45) is 0 Å². The van der Waals surface area contributed by atoms with Gasteiger partial charge < -0.3 is 20.3 Å². The van der Waals surface area contributed by atoms with Crippen molar-refractivity contribution < 1.29 is 19.7 Å². The highest BCUT2D eigenvalue weighted by Crippen LogP contribution is 2.45. The van der Waals surface area contributed by atoms with Crippen LogP contribution in [-0.2, 0) is 11.2 Å². The number of rotatable bonds is 5. The van der Waals surface area contributed by atoms with Crippen molar-refractivity contribution in [2.45, 2.75) is 25.4 Å². The summed E-state index contributed by atoms with van der Waals surface area (Å²) in [5.41, 5.74) is 2.79. The Morgan fingerprint density at radius 1 is 1.33 bits per heavy atom. The number of halogens is 3. The lowest BCUT2D eigenvalue weighted by Gasteiger charge is -2.18. The summed E-state index contributed by atoms with van der Waals surface area (Å²) in [6, 6.07) is 6.85. The number of fused-ring (bicyclic) bond motifs is 1. The highest BCUT2D eigenvalue weighted by molar-refractivity contribution is 6.43. The molecule has 5 nitrogen and oxygen atoms in total. The molecule has 0 aliphatic carbocycles. The molecule has 0 bridgehead atoms. The van der Waals surface area contributed by atoms with E-state index < -0.39 is 5.91 Å². The average Bonchev–Trinajstić information content (AvgIpc) is 3.09. The molecule has 2 aromatic rings. The van der Waals surface area contributed by atoms with Gasteiger partial charge in [0.2, 0.25) is 5.91 Å². The van der Waals surface area contributed by atoms with Crippen molar-refractivity contribution in [1.29, 1.82) is 0 Å². The zero-order chi connectivity index (χ0) is 19.7. The van der Waals surface area contributed by atoms with Crippen LogP contribution in [-0.4, -0.2) is 34.7 Å². The molecule has 2 aromatic carbocycles. The number of aromatic hydroxyl groups is 1. The first kappa shape index (κ1) is 20.1. The molecular formula is C19H18Cl3NO4. The second-order valence-corrected chi connectivity index (χ2v) is 7.41. The summed E-state index contributed by atoms with van der Waals surface area (Å²) in [6.45, 7) is 1.85. The first-order valence-corrected chi connectivity index (χ1v) is 9.61. The van der Waals surface area contributed by atoms with Gasteiger partial charge in [0, 0.05) is 12.3 Å². The molecule has 1 aliphatic heterocycles. The number of anilines is 1. The number of hydrogen-bond acceptors (Lipinski definition) is 4. The summed E-state index contributed by atoms with van der Waals surface area (Å²) in [7, 11) is 0. The molecular weight excluding hydrogens is 413 g/mol. The Bertz CT molecular complexity index is 888. The molecule has 8 heteroatoms. The molecule has 144 valence electrons. The van der Waals surface area contributed by atoms with E-state index >= 15 is 0 Å². The summed E-state index contributed by atoms with van der Waals surface area (Å²) in [5.74, 6) is -0.334. The minimum absolute atomic E-state index is 0.0540. The topological polar surface area (TPSA) is 78.8 Å². The van der Waals surface area contributed by atoms with Gasteiger partial charge >= 0.3 is 0 Å². The molecule has 0 saturated heterocycles. The SMILES string of the molecule is CC(c1ccc(O)c(NC(=O)CCl)c1)c1cc2c(c(Cl)c1Cl)OC(CO)C2. The van der Waals surface area contributed by atoms with E-state index in [1.807, 2.05) is 13.0 Å². The van der Waals surface area contributed by atoms with Gasteiger partial charge in [-0.3, -0.25) is 4.79 Å². The summed E-state index contributed by atoms with van der Waals surface area (Å²) >= 11 is 18.4. The lowest BCUT2D eigenvalue weighted by atomic mass is 9.90. The smallest absolute Gasteiger partial charge is 0.239 e. The number of alkyl halides is 1. The maximum atomic E-state index is 11.5. The van der Waals surface area contributed by atoms with E-state index in [0.717, 1.165) is 16.7 Å². The number of carbonyl (C=O) groups excluding carboxylic acids is 1. The van der Waals surface area contributed by atoms with Gasteiger partial charge in [0.25, 0.3) is 0 Å². The van der Waals surface area contributed by atoms with Crippen LogP contribution >= 0.6 is 34.8 Å². The predicted octanol–water partition coefficient (Wildman–Crippen LogP) is 4.32. The van der Waals surface area contributed by atoms with Gasteiger partial charge in [0.05, 0.1) is 17.3 Å². The lowest BCUT2D eigenvalue weighted by Crippen LogP contribution is -2.17. The third kappa shape index (κ3) is 3.97. The molecule has 2 unspecified atom stereocenters. The third-order valence-electron chi connectivity index (χ3n) is 4.59. The Morgan fingerprint density at radius 2 is 2.07 bits per heavy atom. The number of aliphatic hydroxyl groups excluding tert-OH is 1. The number of hydrogen-bond donors (Lipinski definition) is 3. The fourth-order valence-electron chi connectivity index (χ4n) is 3.12.